The van der Waals surface area contributed by atoms with Crippen LogP contribution < -0.4 is 11.2 Å². The van der Waals surface area contributed by atoms with Gasteiger partial charge in [0.1, 0.15) is 0 Å². The Kier molecular flexibility index (Phi) is 4.55. The van der Waals surface area contributed by atoms with Crippen LogP contribution in [0.15, 0.2) is 24.3 Å². The standard InChI is InChI=1S/C10H13ClN2O2/c1-7(6-15-12)13-10(14)8-3-2-4-9(11)5-8/h2-5,7H,6,12H2,1H3,(H,13,14). The minimum absolute atomic E-state index is 0.138. The van der Waals surface area contributed by atoms with E-state index in [2.05, 4.69) is 10.2 Å². The first-order valence-corrected chi connectivity index (χ1v) is 4.89. The normalized spacial score (nSPS) is 12.2. The summed E-state index contributed by atoms with van der Waals surface area (Å²) < 4.78 is 0. The van der Waals surface area contributed by atoms with Crippen LogP contribution in [0.1, 0.15) is 17.3 Å². The molecule has 1 unspecified atom stereocenters. The van der Waals surface area contributed by atoms with Crippen molar-refractivity contribution in [2.75, 3.05) is 6.61 Å². The summed E-state index contributed by atoms with van der Waals surface area (Å²) in [6.07, 6.45) is 0. The van der Waals surface area contributed by atoms with E-state index in [1.165, 1.54) is 0 Å². The summed E-state index contributed by atoms with van der Waals surface area (Å²) in [5.74, 6) is 4.70. The Bertz CT molecular complexity index is 344. The zero-order chi connectivity index (χ0) is 11.3. The molecule has 1 aromatic rings. The smallest absolute Gasteiger partial charge is 0.251 e. The molecule has 5 heteroatoms. The van der Waals surface area contributed by atoms with E-state index in [4.69, 9.17) is 17.5 Å². The van der Waals surface area contributed by atoms with Crippen LogP contribution in [0.5, 0.6) is 0 Å². The third kappa shape index (κ3) is 3.87. The predicted octanol–water partition coefficient (Wildman–Crippen LogP) is 1.35. The molecule has 0 aromatic heterocycles. The van der Waals surface area contributed by atoms with E-state index >= 15 is 0 Å². The lowest BCUT2D eigenvalue weighted by molar-refractivity contribution is 0.0857. The molecular weight excluding hydrogens is 216 g/mol. The van der Waals surface area contributed by atoms with E-state index in [9.17, 15) is 4.79 Å². The number of carbonyl (C=O) groups is 1. The Hall–Kier alpha value is -1.10. The van der Waals surface area contributed by atoms with Crippen molar-refractivity contribution in [3.63, 3.8) is 0 Å². The van der Waals surface area contributed by atoms with Crippen molar-refractivity contribution in [1.82, 2.24) is 5.32 Å². The number of hydrogen-bond donors (Lipinski definition) is 2. The molecule has 1 aromatic carbocycles. The van der Waals surface area contributed by atoms with Gasteiger partial charge < -0.3 is 10.2 Å². The largest absolute Gasteiger partial charge is 0.347 e. The van der Waals surface area contributed by atoms with Gasteiger partial charge in [0, 0.05) is 10.6 Å². The molecule has 82 valence electrons. The Labute approximate surface area is 93.3 Å². The van der Waals surface area contributed by atoms with E-state index in [1.807, 2.05) is 0 Å². The summed E-state index contributed by atoms with van der Waals surface area (Å²) in [4.78, 5) is 16.0. The number of benzene rings is 1. The van der Waals surface area contributed by atoms with E-state index in [0.717, 1.165) is 0 Å². The highest BCUT2D eigenvalue weighted by atomic mass is 35.5. The molecule has 1 amide bonds. The molecule has 0 heterocycles. The second kappa shape index (κ2) is 5.70. The summed E-state index contributed by atoms with van der Waals surface area (Å²) in [6.45, 7) is 2.07. The van der Waals surface area contributed by atoms with Gasteiger partial charge in [0.15, 0.2) is 0 Å². The Balaban J connectivity index is 2.61. The summed E-state index contributed by atoms with van der Waals surface area (Å²) in [5.41, 5.74) is 0.520. The van der Waals surface area contributed by atoms with Crippen molar-refractivity contribution in [2.24, 2.45) is 5.90 Å². The molecule has 0 aliphatic rings. The maximum atomic E-state index is 11.6. The van der Waals surface area contributed by atoms with Crippen LogP contribution in [0, 0.1) is 0 Å². The zero-order valence-corrected chi connectivity index (χ0v) is 9.12. The molecule has 0 bridgehead atoms. The number of rotatable bonds is 4. The van der Waals surface area contributed by atoms with Gasteiger partial charge in [-0.1, -0.05) is 17.7 Å². The molecule has 0 fully saturated rings. The van der Waals surface area contributed by atoms with Gasteiger partial charge in [0.2, 0.25) is 0 Å². The van der Waals surface area contributed by atoms with Crippen LogP contribution in [-0.2, 0) is 4.84 Å². The molecule has 0 aliphatic heterocycles. The van der Waals surface area contributed by atoms with Crippen LogP contribution in [0.4, 0.5) is 0 Å². The van der Waals surface area contributed by atoms with E-state index in [1.54, 1.807) is 31.2 Å². The van der Waals surface area contributed by atoms with Gasteiger partial charge in [-0.2, -0.15) is 0 Å². The molecule has 15 heavy (non-hydrogen) atoms. The van der Waals surface area contributed by atoms with Crippen LogP contribution >= 0.6 is 11.6 Å². The van der Waals surface area contributed by atoms with Crippen LogP contribution in [0.2, 0.25) is 5.02 Å². The SMILES string of the molecule is CC(CON)NC(=O)c1cccc(Cl)c1. The molecule has 3 N–H and O–H groups in total. The molecule has 1 atom stereocenters. The highest BCUT2D eigenvalue weighted by molar-refractivity contribution is 6.30. The fourth-order valence-corrected chi connectivity index (χ4v) is 1.31. The van der Waals surface area contributed by atoms with Gasteiger partial charge in [-0.3, -0.25) is 4.79 Å². The summed E-state index contributed by atoms with van der Waals surface area (Å²) >= 11 is 5.76. The minimum atomic E-state index is -0.193. The van der Waals surface area contributed by atoms with E-state index in [-0.39, 0.29) is 18.6 Å². The van der Waals surface area contributed by atoms with Crippen molar-refractivity contribution in [3.05, 3.63) is 34.9 Å². The Morgan fingerprint density at radius 2 is 2.40 bits per heavy atom. The zero-order valence-electron chi connectivity index (χ0n) is 8.37. The highest BCUT2D eigenvalue weighted by Gasteiger charge is 2.09. The fraction of sp³-hybridized carbons (Fsp3) is 0.300. The Morgan fingerprint density at radius 1 is 1.67 bits per heavy atom. The molecule has 0 saturated carbocycles. The van der Waals surface area contributed by atoms with Crippen LogP contribution in [0.3, 0.4) is 0 Å². The monoisotopic (exact) mass is 228 g/mol. The first-order chi connectivity index (χ1) is 7.13. The maximum absolute atomic E-state index is 11.6. The lowest BCUT2D eigenvalue weighted by atomic mass is 10.2. The third-order valence-electron chi connectivity index (χ3n) is 1.81. The van der Waals surface area contributed by atoms with Gasteiger partial charge in [-0.25, -0.2) is 5.90 Å². The highest BCUT2D eigenvalue weighted by Crippen LogP contribution is 2.10. The second-order valence-electron chi connectivity index (χ2n) is 3.22. The van der Waals surface area contributed by atoms with Crippen molar-refractivity contribution in [3.8, 4) is 0 Å². The molecule has 0 aliphatic carbocycles. The van der Waals surface area contributed by atoms with Gasteiger partial charge in [-0.05, 0) is 25.1 Å². The predicted molar refractivity (Wildman–Crippen MR) is 58.5 cm³/mol. The molecule has 0 spiro atoms. The van der Waals surface area contributed by atoms with Gasteiger partial charge in [0.25, 0.3) is 5.91 Å². The van der Waals surface area contributed by atoms with Gasteiger partial charge >= 0.3 is 0 Å². The van der Waals surface area contributed by atoms with Crippen molar-refractivity contribution < 1.29 is 9.63 Å². The molecule has 1 rings (SSSR count). The Morgan fingerprint density at radius 3 is 3.00 bits per heavy atom. The van der Waals surface area contributed by atoms with Crippen molar-refractivity contribution >= 4 is 17.5 Å². The van der Waals surface area contributed by atoms with Crippen molar-refractivity contribution in [2.45, 2.75) is 13.0 Å². The number of hydrogen-bond acceptors (Lipinski definition) is 3. The van der Waals surface area contributed by atoms with Crippen LogP contribution in [-0.4, -0.2) is 18.6 Å². The van der Waals surface area contributed by atoms with Gasteiger partial charge in [0.05, 0.1) is 12.6 Å². The quantitative estimate of drug-likeness (QED) is 0.765. The average molecular weight is 229 g/mol. The van der Waals surface area contributed by atoms with Crippen LogP contribution in [0.25, 0.3) is 0 Å². The number of nitrogens with two attached hydrogens (primary N) is 1. The lowest BCUT2D eigenvalue weighted by Gasteiger charge is -2.12. The first kappa shape index (κ1) is 12.0. The molecule has 4 nitrogen and oxygen atoms in total. The first-order valence-electron chi connectivity index (χ1n) is 4.51. The lowest BCUT2D eigenvalue weighted by Crippen LogP contribution is -2.36. The molecule has 0 saturated heterocycles. The number of halogens is 1. The van der Waals surface area contributed by atoms with E-state index < -0.39 is 0 Å². The maximum Gasteiger partial charge on any atom is 0.251 e. The average Bonchev–Trinajstić information content (AvgIpc) is 2.18. The summed E-state index contributed by atoms with van der Waals surface area (Å²) in [5, 5.41) is 3.25. The molecule has 0 radical (unpaired) electrons. The third-order valence-corrected chi connectivity index (χ3v) is 2.05. The summed E-state index contributed by atoms with van der Waals surface area (Å²) in [7, 11) is 0. The fourth-order valence-electron chi connectivity index (χ4n) is 1.12. The summed E-state index contributed by atoms with van der Waals surface area (Å²) in [6, 6.07) is 6.59. The number of amides is 1. The molecular formula is C10H13ClN2O2. The van der Waals surface area contributed by atoms with Gasteiger partial charge in [-0.15, -0.1) is 0 Å². The van der Waals surface area contributed by atoms with Crippen molar-refractivity contribution in [1.29, 1.82) is 0 Å². The number of carbonyl (C=O) groups excluding carboxylic acids is 1. The topological polar surface area (TPSA) is 64.3 Å². The van der Waals surface area contributed by atoms with E-state index in [0.29, 0.717) is 10.6 Å². The minimum Gasteiger partial charge on any atom is -0.347 e. The number of nitrogens with one attached hydrogen (secondary N) is 1. The second-order valence-corrected chi connectivity index (χ2v) is 3.65.